The summed E-state index contributed by atoms with van der Waals surface area (Å²) in [6.07, 6.45) is 3.03. The minimum absolute atomic E-state index is 0.335. The number of carbonyl (C=O) groups excluding carboxylic acids is 1. The molecule has 2 rings (SSSR count). The number of nitrogens with zero attached hydrogens (tertiary/aromatic N) is 1. The van der Waals surface area contributed by atoms with E-state index >= 15 is 0 Å². The van der Waals surface area contributed by atoms with Crippen LogP contribution in [0.1, 0.15) is 24.2 Å². The van der Waals surface area contributed by atoms with Crippen molar-refractivity contribution in [2.75, 3.05) is 11.9 Å². The van der Waals surface area contributed by atoms with Crippen LogP contribution in [0.15, 0.2) is 42.7 Å². The van der Waals surface area contributed by atoms with E-state index in [-0.39, 0.29) is 5.91 Å². The van der Waals surface area contributed by atoms with E-state index in [0.29, 0.717) is 29.5 Å². The summed E-state index contributed by atoms with van der Waals surface area (Å²) >= 11 is 0. The molecule has 0 atom stereocenters. The summed E-state index contributed by atoms with van der Waals surface area (Å²) in [7, 11) is 0. The molecular formula is C16H17FN2O2. The van der Waals surface area contributed by atoms with E-state index in [0.717, 1.165) is 0 Å². The quantitative estimate of drug-likeness (QED) is 0.916. The SMILES string of the molecule is CC(C)COc1cc(F)cc(NC(=O)c2cccnc2)c1. The molecule has 0 radical (unpaired) electrons. The van der Waals surface area contributed by atoms with Crippen LogP contribution in [-0.4, -0.2) is 17.5 Å². The predicted molar refractivity (Wildman–Crippen MR) is 78.9 cm³/mol. The molecule has 1 N–H and O–H groups in total. The maximum atomic E-state index is 13.6. The van der Waals surface area contributed by atoms with E-state index < -0.39 is 5.82 Å². The van der Waals surface area contributed by atoms with Gasteiger partial charge in [0.15, 0.2) is 0 Å². The normalized spacial score (nSPS) is 10.5. The molecule has 0 saturated heterocycles. The summed E-state index contributed by atoms with van der Waals surface area (Å²) in [5.41, 5.74) is 0.758. The van der Waals surface area contributed by atoms with Crippen LogP contribution in [-0.2, 0) is 0 Å². The topological polar surface area (TPSA) is 51.2 Å². The molecule has 0 saturated carbocycles. The molecule has 0 bridgehead atoms. The number of nitrogens with one attached hydrogen (secondary N) is 1. The largest absolute Gasteiger partial charge is 0.493 e. The van der Waals surface area contributed by atoms with Crippen molar-refractivity contribution in [2.24, 2.45) is 5.92 Å². The number of hydrogen-bond acceptors (Lipinski definition) is 3. The van der Waals surface area contributed by atoms with Gasteiger partial charge in [-0.05, 0) is 24.1 Å². The Kier molecular flexibility index (Phi) is 4.87. The molecule has 4 nitrogen and oxygen atoms in total. The van der Waals surface area contributed by atoms with E-state index in [4.69, 9.17) is 4.74 Å². The number of anilines is 1. The summed E-state index contributed by atoms with van der Waals surface area (Å²) in [5.74, 6) is -0.0758. The Bertz CT molecular complexity index is 615. The molecule has 110 valence electrons. The average molecular weight is 288 g/mol. The summed E-state index contributed by atoms with van der Waals surface area (Å²) in [6, 6.07) is 7.44. The average Bonchev–Trinajstić information content (AvgIpc) is 2.45. The van der Waals surface area contributed by atoms with Gasteiger partial charge in [-0.1, -0.05) is 13.8 Å². The number of hydrogen-bond donors (Lipinski definition) is 1. The van der Waals surface area contributed by atoms with Crippen molar-refractivity contribution in [2.45, 2.75) is 13.8 Å². The molecule has 1 aromatic carbocycles. The van der Waals surface area contributed by atoms with Gasteiger partial charge in [-0.25, -0.2) is 4.39 Å². The van der Waals surface area contributed by atoms with Gasteiger partial charge in [0.1, 0.15) is 11.6 Å². The molecule has 0 unspecified atom stereocenters. The number of halogens is 1. The number of amides is 1. The van der Waals surface area contributed by atoms with Crippen molar-refractivity contribution < 1.29 is 13.9 Å². The van der Waals surface area contributed by atoms with E-state index in [2.05, 4.69) is 10.3 Å². The molecule has 1 heterocycles. The summed E-state index contributed by atoms with van der Waals surface area (Å²) < 4.78 is 19.0. The number of benzene rings is 1. The molecule has 0 aliphatic carbocycles. The second-order valence-corrected chi connectivity index (χ2v) is 5.08. The summed E-state index contributed by atoms with van der Waals surface area (Å²) in [5, 5.41) is 2.63. The van der Waals surface area contributed by atoms with Crippen molar-refractivity contribution in [3.8, 4) is 5.75 Å². The first-order valence-corrected chi connectivity index (χ1v) is 6.69. The number of rotatable bonds is 5. The van der Waals surface area contributed by atoms with Crippen molar-refractivity contribution in [3.63, 3.8) is 0 Å². The van der Waals surface area contributed by atoms with Gasteiger partial charge in [-0.3, -0.25) is 9.78 Å². The van der Waals surface area contributed by atoms with Gasteiger partial charge in [-0.2, -0.15) is 0 Å². The zero-order valence-electron chi connectivity index (χ0n) is 12.0. The Morgan fingerprint density at radius 1 is 1.38 bits per heavy atom. The maximum Gasteiger partial charge on any atom is 0.257 e. The highest BCUT2D eigenvalue weighted by molar-refractivity contribution is 6.04. The van der Waals surface area contributed by atoms with Crippen molar-refractivity contribution in [1.82, 2.24) is 4.98 Å². The molecule has 0 spiro atoms. The number of aromatic nitrogens is 1. The second kappa shape index (κ2) is 6.83. The van der Waals surface area contributed by atoms with Gasteiger partial charge < -0.3 is 10.1 Å². The van der Waals surface area contributed by atoms with E-state index in [1.165, 1.54) is 18.3 Å². The number of pyridine rings is 1. The van der Waals surface area contributed by atoms with E-state index in [9.17, 15) is 9.18 Å². The van der Waals surface area contributed by atoms with Gasteiger partial charge >= 0.3 is 0 Å². The van der Waals surface area contributed by atoms with Crippen LogP contribution in [0, 0.1) is 11.7 Å². The fourth-order valence-electron chi connectivity index (χ4n) is 1.68. The van der Waals surface area contributed by atoms with Crippen molar-refractivity contribution in [1.29, 1.82) is 0 Å². The Morgan fingerprint density at radius 3 is 2.86 bits per heavy atom. The van der Waals surface area contributed by atoms with Gasteiger partial charge in [0.05, 0.1) is 12.2 Å². The third-order valence-electron chi connectivity index (χ3n) is 2.64. The highest BCUT2D eigenvalue weighted by Crippen LogP contribution is 2.21. The minimum atomic E-state index is -0.460. The Balaban J connectivity index is 2.11. The lowest BCUT2D eigenvalue weighted by molar-refractivity contribution is 0.102. The van der Waals surface area contributed by atoms with Gasteiger partial charge in [-0.15, -0.1) is 0 Å². The molecule has 0 aliphatic rings. The molecule has 0 fully saturated rings. The highest BCUT2D eigenvalue weighted by atomic mass is 19.1. The fraction of sp³-hybridized carbons (Fsp3) is 0.250. The van der Waals surface area contributed by atoms with Crippen LogP contribution in [0.3, 0.4) is 0 Å². The maximum absolute atomic E-state index is 13.6. The molecule has 2 aromatic rings. The molecule has 21 heavy (non-hydrogen) atoms. The van der Waals surface area contributed by atoms with Crippen LogP contribution in [0.4, 0.5) is 10.1 Å². The van der Waals surface area contributed by atoms with Crippen molar-refractivity contribution >= 4 is 11.6 Å². The molecular weight excluding hydrogens is 271 g/mol. The first kappa shape index (κ1) is 15.0. The van der Waals surface area contributed by atoms with Crippen LogP contribution in [0.5, 0.6) is 5.75 Å². The standard InChI is InChI=1S/C16H17FN2O2/c1-11(2)10-21-15-7-13(17)6-14(8-15)19-16(20)12-4-3-5-18-9-12/h3-9,11H,10H2,1-2H3,(H,19,20). The molecule has 1 amide bonds. The monoisotopic (exact) mass is 288 g/mol. The van der Waals surface area contributed by atoms with Crippen LogP contribution < -0.4 is 10.1 Å². The predicted octanol–water partition coefficient (Wildman–Crippen LogP) is 3.51. The third kappa shape index (κ3) is 4.56. The van der Waals surface area contributed by atoms with E-state index in [1.54, 1.807) is 24.4 Å². The lowest BCUT2D eigenvalue weighted by Crippen LogP contribution is -2.12. The second-order valence-electron chi connectivity index (χ2n) is 5.08. The summed E-state index contributed by atoms with van der Waals surface area (Å²) in [6.45, 7) is 4.49. The lowest BCUT2D eigenvalue weighted by atomic mass is 10.2. The van der Waals surface area contributed by atoms with Gasteiger partial charge in [0, 0.05) is 30.2 Å². The van der Waals surface area contributed by atoms with Crippen molar-refractivity contribution in [3.05, 3.63) is 54.1 Å². The smallest absolute Gasteiger partial charge is 0.257 e. The van der Waals surface area contributed by atoms with Crippen LogP contribution >= 0.6 is 0 Å². The van der Waals surface area contributed by atoms with E-state index in [1.807, 2.05) is 13.8 Å². The Hall–Kier alpha value is -2.43. The zero-order chi connectivity index (χ0) is 15.2. The number of ether oxygens (including phenoxy) is 1. The zero-order valence-corrected chi connectivity index (χ0v) is 12.0. The first-order chi connectivity index (χ1) is 10.0. The lowest BCUT2D eigenvalue weighted by Gasteiger charge is -2.11. The minimum Gasteiger partial charge on any atom is -0.493 e. The highest BCUT2D eigenvalue weighted by Gasteiger charge is 2.08. The summed E-state index contributed by atoms with van der Waals surface area (Å²) in [4.78, 5) is 15.9. The molecule has 1 aromatic heterocycles. The molecule has 5 heteroatoms. The third-order valence-corrected chi connectivity index (χ3v) is 2.64. The molecule has 0 aliphatic heterocycles. The number of carbonyl (C=O) groups is 1. The Labute approximate surface area is 123 Å². The van der Waals surface area contributed by atoms with Gasteiger partial charge in [0.2, 0.25) is 0 Å². The fourth-order valence-corrected chi connectivity index (χ4v) is 1.68. The van der Waals surface area contributed by atoms with Crippen LogP contribution in [0.25, 0.3) is 0 Å². The Morgan fingerprint density at radius 2 is 2.19 bits per heavy atom. The van der Waals surface area contributed by atoms with Crippen LogP contribution in [0.2, 0.25) is 0 Å². The van der Waals surface area contributed by atoms with Gasteiger partial charge in [0.25, 0.3) is 5.91 Å². The first-order valence-electron chi connectivity index (χ1n) is 6.69.